The predicted molar refractivity (Wildman–Crippen MR) is 201 cm³/mol. The second-order valence-corrected chi connectivity index (χ2v) is 16.4. The van der Waals surface area contributed by atoms with Crippen LogP contribution in [0.1, 0.15) is 105 Å². The van der Waals surface area contributed by atoms with E-state index in [1.54, 1.807) is 0 Å². The molecule has 51 heavy (non-hydrogen) atoms. The third-order valence-electron chi connectivity index (χ3n) is 12.5. The highest BCUT2D eigenvalue weighted by Gasteiger charge is 2.51. The molecule has 1 saturated heterocycles. The van der Waals surface area contributed by atoms with Crippen LogP contribution in [0.3, 0.4) is 0 Å². The van der Waals surface area contributed by atoms with E-state index in [2.05, 4.69) is 82.8 Å². The fraction of sp³-hybridized carbons (Fsp3) is 0.523. The number of ether oxygens (including phenoxy) is 2. The Labute approximate surface area is 303 Å². The molecule has 7 heteroatoms. The van der Waals surface area contributed by atoms with Gasteiger partial charge in [-0.15, -0.1) is 6.58 Å². The van der Waals surface area contributed by atoms with Gasteiger partial charge in [-0.1, -0.05) is 79.6 Å². The summed E-state index contributed by atoms with van der Waals surface area (Å²) in [5.41, 5.74) is 6.25. The van der Waals surface area contributed by atoms with E-state index in [4.69, 9.17) is 9.47 Å². The normalized spacial score (nSPS) is 30.1. The fourth-order valence-corrected chi connectivity index (χ4v) is 10.6. The first-order valence-electron chi connectivity index (χ1n) is 19.5. The van der Waals surface area contributed by atoms with Crippen molar-refractivity contribution >= 4 is 6.03 Å². The molecule has 0 radical (unpaired) electrons. The quantitative estimate of drug-likeness (QED) is 0.166. The standard InChI is InChI=1S/C44H55N3O4/c1-2-17-47(39-11-3-4-12-39)28-40-23-41(35-15-13-30(29-48)14-16-35)51-42(50-40)38-10-6-9-37(22-38)36-8-5-7-31(21-36)27-45-43(49)46-44-24-32-18-33(25-44)20-34(19-32)26-44/h2,5-10,13-16,21-22,32-34,39-42,48H,1,3-4,11-12,17-20,23-29H2,(H2,45,46,49)/t32?,33?,34?,40-,41+,42+,44?/m0/s1. The van der Waals surface area contributed by atoms with Crippen LogP contribution in [0, 0.1) is 17.8 Å². The smallest absolute Gasteiger partial charge is 0.315 e. The van der Waals surface area contributed by atoms with E-state index in [9.17, 15) is 9.90 Å². The van der Waals surface area contributed by atoms with Crippen molar-refractivity contribution in [3.63, 3.8) is 0 Å². The Morgan fingerprint density at radius 3 is 2.22 bits per heavy atom. The summed E-state index contributed by atoms with van der Waals surface area (Å²) in [6.07, 6.45) is 14.7. The molecule has 0 spiro atoms. The Balaban J connectivity index is 0.963. The van der Waals surface area contributed by atoms with E-state index in [0.29, 0.717) is 12.6 Å². The highest BCUT2D eigenvalue weighted by Crippen LogP contribution is 2.55. The van der Waals surface area contributed by atoms with Crippen molar-refractivity contribution in [3.05, 3.63) is 108 Å². The average molecular weight is 690 g/mol. The van der Waals surface area contributed by atoms with Crippen molar-refractivity contribution in [2.45, 2.75) is 114 Å². The predicted octanol–water partition coefficient (Wildman–Crippen LogP) is 8.59. The number of aliphatic hydroxyl groups is 1. The molecular weight excluding hydrogens is 635 g/mol. The fourth-order valence-electron chi connectivity index (χ4n) is 10.6. The Morgan fingerprint density at radius 2 is 1.53 bits per heavy atom. The molecular formula is C44H55N3O4. The number of rotatable bonds is 12. The number of nitrogens with one attached hydrogen (secondary N) is 2. The third kappa shape index (κ3) is 7.97. The topological polar surface area (TPSA) is 83.1 Å². The summed E-state index contributed by atoms with van der Waals surface area (Å²) in [6, 6.07) is 25.6. The lowest BCUT2D eigenvalue weighted by Gasteiger charge is -2.56. The van der Waals surface area contributed by atoms with Gasteiger partial charge in [0.05, 0.1) is 18.8 Å². The number of nitrogens with zero attached hydrogens (tertiary/aromatic N) is 1. The van der Waals surface area contributed by atoms with Crippen LogP contribution in [0.15, 0.2) is 85.5 Å². The Morgan fingerprint density at radius 1 is 0.843 bits per heavy atom. The number of benzene rings is 3. The van der Waals surface area contributed by atoms with Gasteiger partial charge in [-0.2, -0.15) is 0 Å². The summed E-state index contributed by atoms with van der Waals surface area (Å²) < 4.78 is 13.5. The maximum Gasteiger partial charge on any atom is 0.315 e. The van der Waals surface area contributed by atoms with Crippen molar-refractivity contribution in [1.82, 2.24) is 15.5 Å². The molecule has 3 N–H and O–H groups in total. The van der Waals surface area contributed by atoms with Crippen molar-refractivity contribution in [1.29, 1.82) is 0 Å². The number of carbonyl (C=O) groups excluding carboxylic acids is 1. The molecule has 2 amide bonds. The highest BCUT2D eigenvalue weighted by atomic mass is 16.7. The van der Waals surface area contributed by atoms with Gasteiger partial charge < -0.3 is 25.2 Å². The summed E-state index contributed by atoms with van der Waals surface area (Å²) in [5.74, 6) is 2.40. The van der Waals surface area contributed by atoms with Crippen LogP contribution in [0.5, 0.6) is 0 Å². The zero-order valence-electron chi connectivity index (χ0n) is 30.0. The first kappa shape index (κ1) is 34.6. The van der Waals surface area contributed by atoms with Gasteiger partial charge in [-0.05, 0) is 109 Å². The van der Waals surface area contributed by atoms with Gasteiger partial charge in [0.1, 0.15) is 0 Å². The number of hydrogen-bond donors (Lipinski definition) is 3. The molecule has 6 aliphatic rings. The molecule has 7 nitrogen and oxygen atoms in total. The first-order valence-corrected chi connectivity index (χ1v) is 19.5. The zero-order valence-corrected chi connectivity index (χ0v) is 30.0. The van der Waals surface area contributed by atoms with E-state index >= 15 is 0 Å². The molecule has 4 bridgehead atoms. The molecule has 5 saturated carbocycles. The number of urea groups is 1. The molecule has 9 rings (SSSR count). The van der Waals surface area contributed by atoms with Crippen LogP contribution in [0.4, 0.5) is 4.79 Å². The van der Waals surface area contributed by atoms with Gasteiger partial charge in [0.2, 0.25) is 0 Å². The van der Waals surface area contributed by atoms with Crippen LogP contribution in [0.25, 0.3) is 11.1 Å². The van der Waals surface area contributed by atoms with Gasteiger partial charge in [0, 0.05) is 43.2 Å². The Hall–Kier alpha value is -3.49. The average Bonchev–Trinajstić information content (AvgIpc) is 3.69. The van der Waals surface area contributed by atoms with Crippen LogP contribution in [-0.4, -0.2) is 46.8 Å². The van der Waals surface area contributed by atoms with E-state index in [1.807, 2.05) is 18.2 Å². The molecule has 0 aromatic heterocycles. The monoisotopic (exact) mass is 689 g/mol. The van der Waals surface area contributed by atoms with Gasteiger partial charge in [-0.25, -0.2) is 4.79 Å². The second kappa shape index (κ2) is 15.2. The lowest BCUT2D eigenvalue weighted by atomic mass is 9.53. The van der Waals surface area contributed by atoms with Gasteiger partial charge in [-0.3, -0.25) is 4.90 Å². The summed E-state index contributed by atoms with van der Waals surface area (Å²) in [4.78, 5) is 15.7. The number of hydrogen-bond acceptors (Lipinski definition) is 5. The number of amides is 2. The molecule has 0 unspecified atom stereocenters. The molecule has 6 fully saturated rings. The van der Waals surface area contributed by atoms with E-state index in [1.165, 1.54) is 44.9 Å². The summed E-state index contributed by atoms with van der Waals surface area (Å²) in [5, 5.41) is 16.3. The minimum Gasteiger partial charge on any atom is -0.392 e. The molecule has 1 heterocycles. The number of carbonyl (C=O) groups is 1. The van der Waals surface area contributed by atoms with Gasteiger partial charge in [0.25, 0.3) is 0 Å². The maximum atomic E-state index is 13.2. The minimum atomic E-state index is -0.515. The molecule has 3 aromatic carbocycles. The van der Waals surface area contributed by atoms with Crippen LogP contribution < -0.4 is 10.6 Å². The molecule has 3 aromatic rings. The van der Waals surface area contributed by atoms with Crippen molar-refractivity contribution in [2.75, 3.05) is 13.1 Å². The molecule has 1 aliphatic heterocycles. The third-order valence-corrected chi connectivity index (χ3v) is 12.5. The summed E-state index contributed by atoms with van der Waals surface area (Å²) in [7, 11) is 0. The van der Waals surface area contributed by atoms with Gasteiger partial charge in [0.15, 0.2) is 6.29 Å². The van der Waals surface area contributed by atoms with E-state index < -0.39 is 6.29 Å². The Kier molecular flexibility index (Phi) is 10.3. The SMILES string of the molecule is C=CCN(C[C@@H]1C[C@H](c2ccc(CO)cc2)O[C@H](c2cccc(-c3cccc(CNC(=O)NC45CC6CC(CC(C6)C4)C5)c3)c2)O1)C1CCCC1. The second-order valence-electron chi connectivity index (χ2n) is 16.4. The van der Waals surface area contributed by atoms with Crippen LogP contribution in [0.2, 0.25) is 0 Å². The lowest BCUT2D eigenvalue weighted by Crippen LogP contribution is -2.61. The van der Waals surface area contributed by atoms with E-state index in [-0.39, 0.29) is 30.4 Å². The molecule has 3 atom stereocenters. The maximum absolute atomic E-state index is 13.2. The van der Waals surface area contributed by atoms with Crippen molar-refractivity contribution in [3.8, 4) is 11.1 Å². The van der Waals surface area contributed by atoms with Crippen LogP contribution >= 0.6 is 0 Å². The largest absolute Gasteiger partial charge is 0.392 e. The minimum absolute atomic E-state index is 0.00514. The van der Waals surface area contributed by atoms with Crippen molar-refractivity contribution < 1.29 is 19.4 Å². The van der Waals surface area contributed by atoms with Gasteiger partial charge >= 0.3 is 6.03 Å². The first-order chi connectivity index (χ1) is 24.9. The van der Waals surface area contributed by atoms with Crippen molar-refractivity contribution in [2.24, 2.45) is 17.8 Å². The zero-order chi connectivity index (χ0) is 34.8. The number of aliphatic hydroxyl groups excluding tert-OH is 1. The summed E-state index contributed by atoms with van der Waals surface area (Å²) in [6.45, 7) is 6.27. The van der Waals surface area contributed by atoms with E-state index in [0.717, 1.165) is 89.9 Å². The molecule has 5 aliphatic carbocycles. The Bertz CT molecular complexity index is 1630. The summed E-state index contributed by atoms with van der Waals surface area (Å²) >= 11 is 0. The van der Waals surface area contributed by atoms with Crippen LogP contribution in [-0.2, 0) is 22.6 Å². The highest BCUT2D eigenvalue weighted by molar-refractivity contribution is 5.75. The lowest BCUT2D eigenvalue weighted by molar-refractivity contribution is -0.253. The molecule has 270 valence electrons.